The Bertz CT molecular complexity index is 145. The van der Waals surface area contributed by atoms with Crippen LogP contribution in [0.15, 0.2) is 0 Å². The minimum atomic E-state index is -0.307. The van der Waals surface area contributed by atoms with Gasteiger partial charge in [-0.15, -0.1) is 0 Å². The number of quaternary nitrogens is 1. The molecule has 74 valence electrons. The van der Waals surface area contributed by atoms with Crippen molar-refractivity contribution in [2.24, 2.45) is 0 Å². The molecule has 0 radical (unpaired) electrons. The van der Waals surface area contributed by atoms with E-state index in [9.17, 15) is 4.79 Å². The van der Waals surface area contributed by atoms with E-state index in [2.05, 4.69) is 0 Å². The van der Waals surface area contributed by atoms with Crippen LogP contribution >= 0.6 is 0 Å². The molecule has 1 N–H and O–H groups in total. The molecule has 0 saturated heterocycles. The Morgan fingerprint density at radius 2 is 1.83 bits per heavy atom. The second-order valence-electron chi connectivity index (χ2n) is 3.66. The molecule has 0 atom stereocenters. The van der Waals surface area contributed by atoms with Gasteiger partial charge in [0.2, 0.25) is 5.91 Å². The molecule has 5 heteroatoms. The molecule has 4 nitrogen and oxygen atoms in total. The van der Waals surface area contributed by atoms with Gasteiger partial charge in [0.05, 0.1) is 34.2 Å². The van der Waals surface area contributed by atoms with Crippen LogP contribution in [0.4, 0.5) is 0 Å². The second-order valence-corrected chi connectivity index (χ2v) is 3.66. The number of hydrogen-bond acceptors (Lipinski definition) is 2. The molecule has 0 unspecified atom stereocenters. The van der Waals surface area contributed by atoms with Crippen molar-refractivity contribution in [1.82, 2.24) is 5.06 Å². The predicted molar refractivity (Wildman–Crippen MR) is 42.1 cm³/mol. The van der Waals surface area contributed by atoms with Crippen molar-refractivity contribution in [1.29, 1.82) is 0 Å². The van der Waals surface area contributed by atoms with E-state index < -0.39 is 0 Å². The van der Waals surface area contributed by atoms with Crippen LogP contribution in [0.2, 0.25) is 0 Å². The number of likely N-dealkylation sites (N-methyl/N-ethyl adjacent to an activating group) is 1. The summed E-state index contributed by atoms with van der Waals surface area (Å²) in [5, 5.41) is 9.70. The largest absolute Gasteiger partial charge is 1.00 e. The smallest absolute Gasteiger partial charge is 0.243 e. The Morgan fingerprint density at radius 3 is 2.08 bits per heavy atom. The highest BCUT2D eigenvalue weighted by Crippen LogP contribution is 1.91. The number of amides is 1. The molecule has 0 aromatic heterocycles. The molecule has 0 spiro atoms. The van der Waals surface area contributed by atoms with Crippen LogP contribution in [0.1, 0.15) is 6.92 Å². The van der Waals surface area contributed by atoms with E-state index in [0.717, 1.165) is 16.1 Å². The van der Waals surface area contributed by atoms with E-state index >= 15 is 0 Å². The first-order valence-corrected chi connectivity index (χ1v) is 3.60. The molecule has 0 aliphatic heterocycles. The Kier molecular flexibility index (Phi) is 6.34. The Labute approximate surface area is 79.7 Å². The van der Waals surface area contributed by atoms with Crippen molar-refractivity contribution in [2.75, 3.05) is 34.2 Å². The number of carbonyl (C=O) groups is 1. The molecule has 0 fully saturated rings. The lowest BCUT2D eigenvalue weighted by Crippen LogP contribution is -3.00. The zero-order chi connectivity index (χ0) is 9.07. The van der Waals surface area contributed by atoms with Gasteiger partial charge in [-0.05, 0) is 0 Å². The van der Waals surface area contributed by atoms with Crippen LogP contribution in [0, 0.1) is 0 Å². The zero-order valence-electron chi connectivity index (χ0n) is 8.04. The number of halogens is 1. The minimum Gasteiger partial charge on any atom is -1.00 e. The number of nitrogens with zero attached hydrogens (tertiary/aromatic N) is 2. The summed E-state index contributed by atoms with van der Waals surface area (Å²) in [5.74, 6) is -0.307. The molecule has 0 bridgehead atoms. The van der Waals surface area contributed by atoms with Gasteiger partial charge in [-0.2, -0.15) is 0 Å². The first kappa shape index (κ1) is 14.2. The number of rotatable bonds is 3. The molecule has 0 aliphatic rings. The number of hydrogen-bond donors (Lipinski definition) is 1. The summed E-state index contributed by atoms with van der Waals surface area (Å²) in [7, 11) is 6.02. The van der Waals surface area contributed by atoms with E-state index in [-0.39, 0.29) is 18.3 Å². The molecule has 1 amide bonds. The topological polar surface area (TPSA) is 40.5 Å². The molecule has 0 aromatic rings. The van der Waals surface area contributed by atoms with Crippen molar-refractivity contribution >= 4 is 5.91 Å². The SMILES string of the molecule is CC(=O)N(O)CC[N+](C)(C)C.[Cl-]. The van der Waals surface area contributed by atoms with E-state index in [4.69, 9.17) is 5.21 Å². The van der Waals surface area contributed by atoms with E-state index in [1.165, 1.54) is 6.92 Å². The molecule has 0 aliphatic carbocycles. The summed E-state index contributed by atoms with van der Waals surface area (Å²) in [6, 6.07) is 0. The maximum atomic E-state index is 10.5. The third kappa shape index (κ3) is 7.78. The normalized spacial score (nSPS) is 10.4. The third-order valence-corrected chi connectivity index (χ3v) is 1.35. The van der Waals surface area contributed by atoms with Gasteiger partial charge in [0.1, 0.15) is 0 Å². The standard InChI is InChI=1S/C7H17N2O2.ClH/c1-7(10)8(11)5-6-9(2,3)4;/h11H,5-6H2,1-4H3;1H/q+1;/p-1. The quantitative estimate of drug-likeness (QED) is 0.296. The average Bonchev–Trinajstić information content (AvgIpc) is 1.80. The molecule has 0 saturated carbocycles. The van der Waals surface area contributed by atoms with Gasteiger partial charge in [0.15, 0.2) is 0 Å². The van der Waals surface area contributed by atoms with Crippen LogP contribution < -0.4 is 12.4 Å². The lowest BCUT2D eigenvalue weighted by Gasteiger charge is -2.25. The zero-order valence-corrected chi connectivity index (χ0v) is 8.80. The first-order chi connectivity index (χ1) is 4.83. The summed E-state index contributed by atoms with van der Waals surface area (Å²) in [6.07, 6.45) is 0. The molecular weight excluding hydrogens is 180 g/mol. The van der Waals surface area contributed by atoms with Crippen LogP contribution in [0.25, 0.3) is 0 Å². The Balaban J connectivity index is 0. The van der Waals surface area contributed by atoms with Crippen molar-refractivity contribution in [3.8, 4) is 0 Å². The van der Waals surface area contributed by atoms with Crippen molar-refractivity contribution in [3.05, 3.63) is 0 Å². The van der Waals surface area contributed by atoms with Crippen LogP contribution in [0.5, 0.6) is 0 Å². The highest BCUT2D eigenvalue weighted by atomic mass is 35.5. The second kappa shape index (κ2) is 5.35. The van der Waals surface area contributed by atoms with Gasteiger partial charge >= 0.3 is 0 Å². The fraction of sp³-hybridized carbons (Fsp3) is 0.857. The van der Waals surface area contributed by atoms with Crippen molar-refractivity contribution < 1.29 is 26.9 Å². The maximum absolute atomic E-state index is 10.5. The molecular formula is C7H17ClN2O2. The van der Waals surface area contributed by atoms with Crippen molar-refractivity contribution in [2.45, 2.75) is 6.92 Å². The predicted octanol–water partition coefficient (Wildman–Crippen LogP) is -3.07. The molecule has 0 rings (SSSR count). The van der Waals surface area contributed by atoms with Crippen LogP contribution in [0.3, 0.4) is 0 Å². The van der Waals surface area contributed by atoms with Gasteiger partial charge in [0, 0.05) is 6.92 Å². The highest BCUT2D eigenvalue weighted by molar-refractivity contribution is 5.71. The van der Waals surface area contributed by atoms with E-state index in [0.29, 0.717) is 6.54 Å². The fourth-order valence-electron chi connectivity index (χ4n) is 0.552. The Morgan fingerprint density at radius 1 is 1.42 bits per heavy atom. The molecule has 0 heterocycles. The number of carbonyl (C=O) groups excluding carboxylic acids is 1. The highest BCUT2D eigenvalue weighted by Gasteiger charge is 2.11. The first-order valence-electron chi connectivity index (χ1n) is 3.60. The van der Waals surface area contributed by atoms with Gasteiger partial charge in [-0.25, -0.2) is 5.06 Å². The van der Waals surface area contributed by atoms with E-state index in [1.54, 1.807) is 0 Å². The molecule has 0 aromatic carbocycles. The van der Waals surface area contributed by atoms with Gasteiger partial charge in [0.25, 0.3) is 0 Å². The summed E-state index contributed by atoms with van der Waals surface area (Å²) in [5.41, 5.74) is 0. The van der Waals surface area contributed by atoms with Crippen LogP contribution in [-0.2, 0) is 4.79 Å². The Hall–Kier alpha value is -0.320. The lowest BCUT2D eigenvalue weighted by molar-refractivity contribution is -0.870. The summed E-state index contributed by atoms with van der Waals surface area (Å²) in [6.45, 7) is 2.48. The van der Waals surface area contributed by atoms with Crippen molar-refractivity contribution in [3.63, 3.8) is 0 Å². The van der Waals surface area contributed by atoms with E-state index in [1.807, 2.05) is 21.1 Å². The maximum Gasteiger partial charge on any atom is 0.243 e. The number of hydroxylamine groups is 2. The van der Waals surface area contributed by atoms with Gasteiger partial charge in [-0.3, -0.25) is 10.0 Å². The van der Waals surface area contributed by atoms with Crippen LogP contribution in [-0.4, -0.2) is 54.9 Å². The lowest BCUT2D eigenvalue weighted by atomic mass is 10.5. The summed E-state index contributed by atoms with van der Waals surface area (Å²) < 4.78 is 0.740. The summed E-state index contributed by atoms with van der Waals surface area (Å²) >= 11 is 0. The van der Waals surface area contributed by atoms with Gasteiger partial charge < -0.3 is 16.9 Å². The average molecular weight is 197 g/mol. The fourth-order valence-corrected chi connectivity index (χ4v) is 0.552. The monoisotopic (exact) mass is 196 g/mol. The third-order valence-electron chi connectivity index (χ3n) is 1.35. The molecule has 12 heavy (non-hydrogen) atoms. The summed E-state index contributed by atoms with van der Waals surface area (Å²) in [4.78, 5) is 10.5. The minimum absolute atomic E-state index is 0. The van der Waals surface area contributed by atoms with Gasteiger partial charge in [-0.1, -0.05) is 0 Å².